The number of likely N-dealkylation sites (tertiary alicyclic amines) is 1. The Bertz CT molecular complexity index is 627. The molecular weight excluding hydrogens is 290 g/mol. The maximum Gasteiger partial charge on any atom is 0.229 e. The molecule has 1 aromatic carbocycles. The number of nitriles is 1. The van der Waals surface area contributed by atoms with E-state index >= 15 is 0 Å². The fraction of sp³-hybridized carbons (Fsp3) is 0.500. The van der Waals surface area contributed by atoms with Crippen LogP contribution in [-0.2, 0) is 9.59 Å². The Morgan fingerprint density at radius 1 is 1.17 bits per heavy atom. The molecule has 1 aliphatic carbocycles. The van der Waals surface area contributed by atoms with Crippen LogP contribution in [0.25, 0.3) is 0 Å². The molecule has 1 aliphatic heterocycles. The molecule has 2 fully saturated rings. The zero-order valence-electron chi connectivity index (χ0n) is 13.1. The van der Waals surface area contributed by atoms with Gasteiger partial charge in [0, 0.05) is 24.7 Å². The number of amides is 2. The molecule has 3 rings (SSSR count). The average Bonchev–Trinajstić information content (AvgIpc) is 2.98. The molecule has 120 valence electrons. The number of benzene rings is 1. The molecule has 2 aliphatic rings. The Labute approximate surface area is 136 Å². The number of hydrogen-bond acceptors (Lipinski definition) is 3. The normalized spacial score (nSPS) is 22.0. The maximum absolute atomic E-state index is 12.4. The van der Waals surface area contributed by atoms with Crippen molar-refractivity contribution in [3.05, 3.63) is 29.8 Å². The van der Waals surface area contributed by atoms with E-state index in [1.165, 1.54) is 19.3 Å². The van der Waals surface area contributed by atoms with Crippen LogP contribution in [0, 0.1) is 17.2 Å². The molecule has 2 amide bonds. The van der Waals surface area contributed by atoms with Gasteiger partial charge in [-0.25, -0.2) is 0 Å². The van der Waals surface area contributed by atoms with Crippen molar-refractivity contribution in [3.8, 4) is 6.07 Å². The minimum atomic E-state index is -0.278. The molecule has 1 heterocycles. The molecule has 0 aromatic heterocycles. The van der Waals surface area contributed by atoms with Crippen LogP contribution in [-0.4, -0.2) is 29.3 Å². The molecule has 0 unspecified atom stereocenters. The quantitative estimate of drug-likeness (QED) is 0.932. The topological polar surface area (TPSA) is 73.2 Å². The van der Waals surface area contributed by atoms with E-state index in [0.29, 0.717) is 30.3 Å². The van der Waals surface area contributed by atoms with E-state index in [4.69, 9.17) is 5.26 Å². The van der Waals surface area contributed by atoms with Gasteiger partial charge in [-0.15, -0.1) is 0 Å². The number of carbonyl (C=O) groups is 2. The van der Waals surface area contributed by atoms with Gasteiger partial charge < -0.3 is 10.2 Å². The lowest BCUT2D eigenvalue weighted by molar-refractivity contribution is -0.130. The van der Waals surface area contributed by atoms with Crippen LogP contribution < -0.4 is 5.32 Å². The van der Waals surface area contributed by atoms with E-state index in [9.17, 15) is 9.59 Å². The largest absolute Gasteiger partial charge is 0.339 e. The van der Waals surface area contributed by atoms with Crippen LogP contribution in [0.3, 0.4) is 0 Å². The van der Waals surface area contributed by atoms with Crippen molar-refractivity contribution in [3.63, 3.8) is 0 Å². The highest BCUT2D eigenvalue weighted by Gasteiger charge is 2.38. The molecule has 5 heteroatoms. The van der Waals surface area contributed by atoms with Crippen LogP contribution in [0.4, 0.5) is 5.69 Å². The zero-order chi connectivity index (χ0) is 16.2. The first-order valence-corrected chi connectivity index (χ1v) is 8.28. The fourth-order valence-electron chi connectivity index (χ4n) is 3.53. The van der Waals surface area contributed by atoms with E-state index in [1.807, 2.05) is 11.0 Å². The fourth-order valence-corrected chi connectivity index (χ4v) is 3.53. The Morgan fingerprint density at radius 2 is 1.87 bits per heavy atom. The van der Waals surface area contributed by atoms with E-state index < -0.39 is 0 Å². The lowest BCUT2D eigenvalue weighted by atomic mass is 9.94. The van der Waals surface area contributed by atoms with Crippen molar-refractivity contribution in [1.29, 1.82) is 5.26 Å². The molecule has 1 atom stereocenters. The van der Waals surface area contributed by atoms with Crippen LogP contribution in [0.15, 0.2) is 24.3 Å². The second-order valence-electron chi connectivity index (χ2n) is 6.42. The van der Waals surface area contributed by atoms with Gasteiger partial charge in [-0.05, 0) is 37.1 Å². The Kier molecular flexibility index (Phi) is 4.61. The third-order valence-electron chi connectivity index (χ3n) is 4.83. The highest BCUT2D eigenvalue weighted by Crippen LogP contribution is 2.29. The number of carbonyl (C=O) groups excluding carboxylic acids is 2. The first-order valence-electron chi connectivity index (χ1n) is 8.28. The summed E-state index contributed by atoms with van der Waals surface area (Å²) in [5, 5.41) is 11.6. The number of rotatable bonds is 3. The molecule has 1 saturated carbocycles. The maximum atomic E-state index is 12.4. The first kappa shape index (κ1) is 15.5. The third kappa shape index (κ3) is 3.53. The van der Waals surface area contributed by atoms with Crippen molar-refractivity contribution in [1.82, 2.24) is 4.90 Å². The second kappa shape index (κ2) is 6.82. The molecule has 0 radical (unpaired) electrons. The van der Waals surface area contributed by atoms with E-state index in [1.54, 1.807) is 24.3 Å². The van der Waals surface area contributed by atoms with E-state index in [0.717, 1.165) is 12.8 Å². The van der Waals surface area contributed by atoms with Gasteiger partial charge in [0.15, 0.2) is 0 Å². The Balaban J connectivity index is 1.59. The summed E-state index contributed by atoms with van der Waals surface area (Å²) in [6.45, 7) is 0.533. The molecule has 0 spiro atoms. The predicted molar refractivity (Wildman–Crippen MR) is 86.5 cm³/mol. The summed E-state index contributed by atoms with van der Waals surface area (Å²) in [7, 11) is 0. The van der Waals surface area contributed by atoms with Crippen LogP contribution in [0.2, 0.25) is 0 Å². The van der Waals surface area contributed by atoms with Gasteiger partial charge in [-0.1, -0.05) is 19.3 Å². The van der Waals surface area contributed by atoms with Crippen LogP contribution in [0.1, 0.15) is 44.1 Å². The first-order chi connectivity index (χ1) is 11.2. The molecule has 1 aromatic rings. The van der Waals surface area contributed by atoms with Gasteiger partial charge in [-0.2, -0.15) is 5.26 Å². The van der Waals surface area contributed by atoms with Gasteiger partial charge in [-0.3, -0.25) is 9.59 Å². The highest BCUT2D eigenvalue weighted by molar-refractivity contribution is 5.97. The zero-order valence-corrected chi connectivity index (χ0v) is 13.1. The smallest absolute Gasteiger partial charge is 0.229 e. The van der Waals surface area contributed by atoms with E-state index in [2.05, 4.69) is 5.32 Å². The Hall–Kier alpha value is -2.35. The van der Waals surface area contributed by atoms with Crippen molar-refractivity contribution in [2.45, 2.75) is 44.6 Å². The van der Waals surface area contributed by atoms with Crippen LogP contribution >= 0.6 is 0 Å². The average molecular weight is 311 g/mol. The van der Waals surface area contributed by atoms with Crippen molar-refractivity contribution < 1.29 is 9.59 Å². The standard InChI is InChI=1S/C18H21N3O2/c19-11-13-6-8-15(9-7-13)20-18(23)14-10-17(22)21(12-14)16-4-2-1-3-5-16/h6-9,14,16H,1-5,10,12H2,(H,20,23)/t14-/m1/s1. The van der Waals surface area contributed by atoms with Gasteiger partial charge in [0.2, 0.25) is 11.8 Å². The van der Waals surface area contributed by atoms with Gasteiger partial charge >= 0.3 is 0 Å². The molecule has 23 heavy (non-hydrogen) atoms. The minimum absolute atomic E-state index is 0.108. The molecular formula is C18H21N3O2. The second-order valence-corrected chi connectivity index (χ2v) is 6.42. The minimum Gasteiger partial charge on any atom is -0.339 e. The Morgan fingerprint density at radius 3 is 2.52 bits per heavy atom. The van der Waals surface area contributed by atoms with Crippen molar-refractivity contribution in [2.24, 2.45) is 5.92 Å². The number of nitrogens with zero attached hydrogens (tertiary/aromatic N) is 2. The summed E-state index contributed by atoms with van der Waals surface area (Å²) in [6.07, 6.45) is 6.04. The molecule has 5 nitrogen and oxygen atoms in total. The molecule has 1 N–H and O–H groups in total. The number of anilines is 1. The molecule has 0 bridgehead atoms. The summed E-state index contributed by atoms with van der Waals surface area (Å²) in [6, 6.07) is 9.14. The lowest BCUT2D eigenvalue weighted by Crippen LogP contribution is -2.38. The van der Waals surface area contributed by atoms with Crippen molar-refractivity contribution in [2.75, 3.05) is 11.9 Å². The van der Waals surface area contributed by atoms with Gasteiger partial charge in [0.1, 0.15) is 0 Å². The third-order valence-corrected chi connectivity index (χ3v) is 4.83. The van der Waals surface area contributed by atoms with Crippen LogP contribution in [0.5, 0.6) is 0 Å². The highest BCUT2D eigenvalue weighted by atomic mass is 16.2. The number of hydrogen-bond donors (Lipinski definition) is 1. The SMILES string of the molecule is N#Cc1ccc(NC(=O)[C@@H]2CC(=O)N(C3CCCCC3)C2)cc1. The summed E-state index contributed by atoms with van der Waals surface area (Å²) in [5.74, 6) is -0.279. The predicted octanol–water partition coefficient (Wildman–Crippen LogP) is 2.68. The monoisotopic (exact) mass is 311 g/mol. The number of nitrogens with one attached hydrogen (secondary N) is 1. The summed E-state index contributed by atoms with van der Waals surface area (Å²) < 4.78 is 0. The summed E-state index contributed by atoms with van der Waals surface area (Å²) in [5.41, 5.74) is 1.22. The van der Waals surface area contributed by atoms with Gasteiger partial charge in [0.05, 0.1) is 17.6 Å². The van der Waals surface area contributed by atoms with E-state index in [-0.39, 0.29) is 17.7 Å². The lowest BCUT2D eigenvalue weighted by Gasteiger charge is -2.31. The van der Waals surface area contributed by atoms with Gasteiger partial charge in [0.25, 0.3) is 0 Å². The molecule has 1 saturated heterocycles. The summed E-state index contributed by atoms with van der Waals surface area (Å²) >= 11 is 0. The summed E-state index contributed by atoms with van der Waals surface area (Å²) in [4.78, 5) is 26.5. The van der Waals surface area contributed by atoms with Crippen molar-refractivity contribution >= 4 is 17.5 Å².